The van der Waals surface area contributed by atoms with Gasteiger partial charge in [0.05, 0.1) is 6.20 Å². The molecule has 0 unspecified atom stereocenters. The fourth-order valence-electron chi connectivity index (χ4n) is 1.35. The van der Waals surface area contributed by atoms with Crippen LogP contribution in [0.15, 0.2) is 40.0 Å². The van der Waals surface area contributed by atoms with Crippen LogP contribution >= 0.6 is 15.9 Å². The number of nitrogens with zero attached hydrogens (tertiary/aromatic N) is 2. The summed E-state index contributed by atoms with van der Waals surface area (Å²) in [5.41, 5.74) is 2.77. The highest BCUT2D eigenvalue weighted by atomic mass is 79.9. The number of rotatable bonds is 1. The molecule has 1 radical (unpaired) electrons. The van der Waals surface area contributed by atoms with Gasteiger partial charge in [-0.05, 0) is 11.6 Å². The molecule has 0 fully saturated rings. The van der Waals surface area contributed by atoms with Crippen molar-refractivity contribution in [1.29, 1.82) is 0 Å². The first-order chi connectivity index (χ1) is 7.50. The van der Waals surface area contributed by atoms with Crippen molar-refractivity contribution >= 4 is 27.2 Å². The highest BCUT2D eigenvalue weighted by molar-refractivity contribution is 9.10. The number of benzene rings is 1. The predicted molar refractivity (Wildman–Crippen MR) is 57.7 cm³/mol. The first-order valence-electron chi connectivity index (χ1n) is 4.30. The monoisotopic (exact) mass is 289 g/mol. The van der Waals surface area contributed by atoms with Crippen molar-refractivity contribution < 1.29 is 13.2 Å². The van der Waals surface area contributed by atoms with Crippen LogP contribution in [0.1, 0.15) is 5.56 Å². The summed E-state index contributed by atoms with van der Waals surface area (Å²) in [6.45, 7) is 0. The van der Waals surface area contributed by atoms with Crippen LogP contribution in [0.5, 0.6) is 0 Å². The van der Waals surface area contributed by atoms with E-state index in [1.54, 1.807) is 24.3 Å². The van der Waals surface area contributed by atoms with Gasteiger partial charge < -0.3 is 0 Å². The maximum atomic E-state index is 12.6. The molecule has 0 amide bonds. The quantitative estimate of drug-likeness (QED) is 0.758. The van der Waals surface area contributed by atoms with Crippen molar-refractivity contribution in [2.45, 2.75) is 6.18 Å². The molecule has 0 N–H and O–H groups in total. The van der Waals surface area contributed by atoms with Gasteiger partial charge in [0.25, 0.3) is 0 Å². The third-order valence-corrected chi connectivity index (χ3v) is 2.72. The van der Waals surface area contributed by atoms with Gasteiger partial charge in [-0.2, -0.15) is 18.6 Å². The van der Waals surface area contributed by atoms with Crippen LogP contribution in [0.25, 0.3) is 5.57 Å². The molecule has 0 saturated carbocycles. The van der Waals surface area contributed by atoms with Crippen molar-refractivity contribution in [3.8, 4) is 0 Å². The molecule has 0 saturated heterocycles. The SMILES string of the molecule is FC(F)(F)C1=N[N]C=C1c1ccccc1Br. The third kappa shape index (κ3) is 1.97. The normalized spacial score (nSPS) is 15.5. The Morgan fingerprint density at radius 1 is 1.12 bits per heavy atom. The van der Waals surface area contributed by atoms with Gasteiger partial charge in [-0.1, -0.05) is 34.1 Å². The number of allylic oxidation sites excluding steroid dienone is 1. The molecule has 0 aliphatic carbocycles. The fraction of sp³-hybridized carbons (Fsp3) is 0.100. The van der Waals surface area contributed by atoms with E-state index in [-0.39, 0.29) is 5.57 Å². The summed E-state index contributed by atoms with van der Waals surface area (Å²) in [7, 11) is 0. The number of halogens is 4. The molecule has 2 nitrogen and oxygen atoms in total. The molecule has 1 aromatic rings. The van der Waals surface area contributed by atoms with E-state index in [9.17, 15) is 13.2 Å². The van der Waals surface area contributed by atoms with Crippen LogP contribution in [-0.4, -0.2) is 11.9 Å². The van der Waals surface area contributed by atoms with E-state index in [1.807, 2.05) is 0 Å². The van der Waals surface area contributed by atoms with E-state index < -0.39 is 11.9 Å². The fourth-order valence-corrected chi connectivity index (χ4v) is 1.84. The second-order valence-corrected chi connectivity index (χ2v) is 3.94. The van der Waals surface area contributed by atoms with Gasteiger partial charge in [0, 0.05) is 10.0 Å². The smallest absolute Gasteiger partial charge is 0.164 e. The lowest BCUT2D eigenvalue weighted by molar-refractivity contribution is -0.0572. The van der Waals surface area contributed by atoms with E-state index in [1.165, 1.54) is 0 Å². The Morgan fingerprint density at radius 2 is 1.81 bits per heavy atom. The predicted octanol–water partition coefficient (Wildman–Crippen LogP) is 3.33. The second kappa shape index (κ2) is 3.93. The van der Waals surface area contributed by atoms with Gasteiger partial charge in [0.1, 0.15) is 0 Å². The van der Waals surface area contributed by atoms with E-state index in [2.05, 4.69) is 26.5 Å². The molecular formula is C10H5BrF3N2. The molecule has 1 aliphatic heterocycles. The van der Waals surface area contributed by atoms with Crippen LogP contribution < -0.4 is 5.43 Å². The van der Waals surface area contributed by atoms with Gasteiger partial charge >= 0.3 is 6.18 Å². The summed E-state index contributed by atoms with van der Waals surface area (Å²) in [5, 5.41) is 3.11. The van der Waals surface area contributed by atoms with Crippen LogP contribution in [0.3, 0.4) is 0 Å². The molecule has 1 aromatic carbocycles. The molecule has 0 aromatic heterocycles. The van der Waals surface area contributed by atoms with Gasteiger partial charge in [-0.25, -0.2) is 0 Å². The van der Waals surface area contributed by atoms with E-state index in [4.69, 9.17) is 0 Å². The third-order valence-electron chi connectivity index (χ3n) is 2.03. The first-order valence-corrected chi connectivity index (χ1v) is 5.10. The average molecular weight is 290 g/mol. The first kappa shape index (κ1) is 11.2. The van der Waals surface area contributed by atoms with Crippen LogP contribution in [-0.2, 0) is 0 Å². The zero-order valence-electron chi connectivity index (χ0n) is 7.79. The van der Waals surface area contributed by atoms with Crippen LogP contribution in [0, 0.1) is 0 Å². The molecule has 0 bridgehead atoms. The largest absolute Gasteiger partial charge is 0.435 e. The molecule has 1 heterocycles. The Hall–Kier alpha value is -1.30. The molecule has 83 valence electrons. The number of hydrogen-bond acceptors (Lipinski definition) is 1. The highest BCUT2D eigenvalue weighted by Crippen LogP contribution is 2.33. The summed E-state index contributed by atoms with van der Waals surface area (Å²) in [6, 6.07) is 6.64. The minimum absolute atomic E-state index is 0.0139. The van der Waals surface area contributed by atoms with E-state index in [0.29, 0.717) is 10.0 Å². The van der Waals surface area contributed by atoms with Gasteiger partial charge in [-0.15, -0.1) is 5.10 Å². The van der Waals surface area contributed by atoms with Gasteiger partial charge in [-0.3, -0.25) is 0 Å². The van der Waals surface area contributed by atoms with Crippen molar-refractivity contribution in [2.75, 3.05) is 0 Å². The van der Waals surface area contributed by atoms with Crippen molar-refractivity contribution in [2.24, 2.45) is 5.10 Å². The molecule has 0 spiro atoms. The zero-order chi connectivity index (χ0) is 11.8. The van der Waals surface area contributed by atoms with Gasteiger partial charge in [0.15, 0.2) is 5.71 Å². The maximum absolute atomic E-state index is 12.6. The molecule has 16 heavy (non-hydrogen) atoms. The van der Waals surface area contributed by atoms with Crippen molar-refractivity contribution in [3.05, 3.63) is 40.5 Å². The summed E-state index contributed by atoms with van der Waals surface area (Å²) in [6.07, 6.45) is -3.37. The lowest BCUT2D eigenvalue weighted by Gasteiger charge is -2.10. The minimum Gasteiger partial charge on any atom is -0.164 e. The molecule has 6 heteroatoms. The highest BCUT2D eigenvalue weighted by Gasteiger charge is 2.41. The molecule has 1 aliphatic rings. The molecule has 2 rings (SSSR count). The van der Waals surface area contributed by atoms with E-state index in [0.717, 1.165) is 6.20 Å². The Balaban J connectivity index is 2.45. The second-order valence-electron chi connectivity index (χ2n) is 3.08. The topological polar surface area (TPSA) is 26.5 Å². The standard InChI is InChI=1S/C10H5BrF3N2/c11-8-4-2-1-3-6(8)7-5-15-16-9(7)10(12,13)14/h1-5H. The van der Waals surface area contributed by atoms with Gasteiger partial charge in [0.2, 0.25) is 0 Å². The Bertz CT molecular complexity index is 477. The Labute approximate surface area is 98.0 Å². The van der Waals surface area contributed by atoms with Crippen LogP contribution in [0.2, 0.25) is 0 Å². The Kier molecular flexibility index (Phi) is 2.75. The van der Waals surface area contributed by atoms with Crippen molar-refractivity contribution in [1.82, 2.24) is 5.43 Å². The zero-order valence-corrected chi connectivity index (χ0v) is 9.38. The van der Waals surface area contributed by atoms with E-state index >= 15 is 0 Å². The summed E-state index contributed by atoms with van der Waals surface area (Å²) >= 11 is 3.20. The van der Waals surface area contributed by atoms with Crippen LogP contribution in [0.4, 0.5) is 13.2 Å². The lowest BCUT2D eigenvalue weighted by atomic mass is 10.0. The summed E-state index contributed by atoms with van der Waals surface area (Å²) in [4.78, 5) is 0. The number of alkyl halides is 3. The molecule has 0 atom stereocenters. The average Bonchev–Trinajstić information content (AvgIpc) is 2.66. The maximum Gasteiger partial charge on any atom is 0.435 e. The van der Waals surface area contributed by atoms with Crippen molar-refractivity contribution in [3.63, 3.8) is 0 Å². The lowest BCUT2D eigenvalue weighted by Crippen LogP contribution is -2.22. The summed E-state index contributed by atoms with van der Waals surface area (Å²) < 4.78 is 38.3. The molecular weight excluding hydrogens is 285 g/mol. The number of hydrogen-bond donors (Lipinski definition) is 0. The Morgan fingerprint density at radius 3 is 2.44 bits per heavy atom. The summed E-state index contributed by atoms with van der Waals surface area (Å²) in [5.74, 6) is 0. The minimum atomic E-state index is -4.49.